The SMILES string of the molecule is COc1cc(F)c(C#N)c(C(N)=O)c1. The van der Waals surface area contributed by atoms with Crippen molar-refractivity contribution in [3.05, 3.63) is 29.1 Å². The van der Waals surface area contributed by atoms with Crippen LogP contribution in [0.5, 0.6) is 5.75 Å². The predicted molar refractivity (Wildman–Crippen MR) is 46.2 cm³/mol. The van der Waals surface area contributed by atoms with Gasteiger partial charge in [0.1, 0.15) is 23.2 Å². The Labute approximate surface area is 79.7 Å². The highest BCUT2D eigenvalue weighted by Gasteiger charge is 2.14. The number of nitrogens with zero attached hydrogens (tertiary/aromatic N) is 1. The van der Waals surface area contributed by atoms with Crippen molar-refractivity contribution in [2.24, 2.45) is 5.73 Å². The molecular formula is C9H7FN2O2. The molecule has 0 heterocycles. The van der Waals surface area contributed by atoms with Crippen LogP contribution in [-0.4, -0.2) is 13.0 Å². The Bertz CT molecular complexity index is 424. The summed E-state index contributed by atoms with van der Waals surface area (Å²) >= 11 is 0. The van der Waals surface area contributed by atoms with Crippen molar-refractivity contribution in [1.82, 2.24) is 0 Å². The van der Waals surface area contributed by atoms with E-state index in [1.54, 1.807) is 6.07 Å². The van der Waals surface area contributed by atoms with Crippen molar-refractivity contribution in [3.63, 3.8) is 0 Å². The van der Waals surface area contributed by atoms with Crippen molar-refractivity contribution < 1.29 is 13.9 Å². The molecule has 0 bridgehead atoms. The lowest BCUT2D eigenvalue weighted by Gasteiger charge is -2.04. The number of carbonyl (C=O) groups excluding carboxylic acids is 1. The number of methoxy groups -OCH3 is 1. The minimum atomic E-state index is -0.862. The van der Waals surface area contributed by atoms with Gasteiger partial charge in [0.2, 0.25) is 5.91 Å². The lowest BCUT2D eigenvalue weighted by atomic mass is 10.1. The predicted octanol–water partition coefficient (Wildman–Crippen LogP) is 0.805. The molecule has 1 amide bonds. The number of nitriles is 1. The molecule has 1 rings (SSSR count). The Morgan fingerprint density at radius 1 is 1.64 bits per heavy atom. The minimum absolute atomic E-state index is 0.148. The third-order valence-corrected chi connectivity index (χ3v) is 1.68. The van der Waals surface area contributed by atoms with E-state index in [2.05, 4.69) is 0 Å². The molecule has 0 aromatic heterocycles. The highest BCUT2D eigenvalue weighted by Crippen LogP contribution is 2.20. The first-order valence-corrected chi connectivity index (χ1v) is 3.67. The molecule has 4 nitrogen and oxygen atoms in total. The van der Waals surface area contributed by atoms with Gasteiger partial charge in [0.25, 0.3) is 0 Å². The molecule has 0 unspecified atom stereocenters. The Kier molecular flexibility index (Phi) is 2.67. The van der Waals surface area contributed by atoms with Gasteiger partial charge in [-0.2, -0.15) is 5.26 Å². The summed E-state index contributed by atoms with van der Waals surface area (Å²) in [6.07, 6.45) is 0. The average Bonchev–Trinajstić information content (AvgIpc) is 2.16. The van der Waals surface area contributed by atoms with Crippen LogP contribution in [0.4, 0.5) is 4.39 Å². The third kappa shape index (κ3) is 1.64. The maximum Gasteiger partial charge on any atom is 0.250 e. The lowest BCUT2D eigenvalue weighted by Crippen LogP contribution is -2.14. The van der Waals surface area contributed by atoms with Crippen molar-refractivity contribution in [2.75, 3.05) is 7.11 Å². The normalized spacial score (nSPS) is 9.21. The molecule has 2 N–H and O–H groups in total. The van der Waals surface area contributed by atoms with Crippen LogP contribution in [0.25, 0.3) is 0 Å². The summed E-state index contributed by atoms with van der Waals surface area (Å²) in [5, 5.41) is 8.57. The van der Waals surface area contributed by atoms with Crippen LogP contribution in [0.3, 0.4) is 0 Å². The second kappa shape index (κ2) is 3.75. The molecule has 14 heavy (non-hydrogen) atoms. The maximum absolute atomic E-state index is 13.1. The molecule has 0 fully saturated rings. The zero-order chi connectivity index (χ0) is 10.7. The number of rotatable bonds is 2. The second-order valence-electron chi connectivity index (χ2n) is 2.51. The van der Waals surface area contributed by atoms with E-state index in [1.165, 1.54) is 13.2 Å². The fraction of sp³-hybridized carbons (Fsp3) is 0.111. The number of hydrogen-bond donors (Lipinski definition) is 1. The molecule has 0 spiro atoms. The van der Waals surface area contributed by atoms with E-state index < -0.39 is 11.7 Å². The highest BCUT2D eigenvalue weighted by molar-refractivity contribution is 5.95. The molecule has 1 aromatic rings. The Morgan fingerprint density at radius 3 is 2.71 bits per heavy atom. The van der Waals surface area contributed by atoms with Crippen LogP contribution in [0, 0.1) is 17.1 Å². The topological polar surface area (TPSA) is 76.1 Å². The molecule has 5 heteroatoms. The van der Waals surface area contributed by atoms with Gasteiger partial charge in [0.05, 0.1) is 12.7 Å². The Hall–Kier alpha value is -2.09. The van der Waals surface area contributed by atoms with Gasteiger partial charge in [-0.05, 0) is 6.07 Å². The molecule has 0 aliphatic carbocycles. The Balaban J connectivity index is 3.45. The number of amides is 1. The summed E-state index contributed by atoms with van der Waals surface area (Å²) in [6, 6.07) is 3.81. The van der Waals surface area contributed by atoms with Gasteiger partial charge < -0.3 is 10.5 Å². The third-order valence-electron chi connectivity index (χ3n) is 1.68. The number of nitrogens with two attached hydrogens (primary N) is 1. The van der Waals surface area contributed by atoms with E-state index >= 15 is 0 Å². The van der Waals surface area contributed by atoms with Gasteiger partial charge in [-0.1, -0.05) is 0 Å². The quantitative estimate of drug-likeness (QED) is 0.756. The molecule has 0 saturated carbocycles. The standard InChI is InChI=1S/C9H7FN2O2/c1-14-5-2-6(9(12)13)7(4-11)8(10)3-5/h2-3H,1H3,(H2,12,13). The molecule has 1 aromatic carbocycles. The minimum Gasteiger partial charge on any atom is -0.497 e. The summed E-state index contributed by atoms with van der Waals surface area (Å²) < 4.78 is 17.9. The zero-order valence-corrected chi connectivity index (χ0v) is 7.37. The average molecular weight is 194 g/mol. The van der Waals surface area contributed by atoms with Gasteiger partial charge in [-0.25, -0.2) is 4.39 Å². The molecule has 0 aliphatic heterocycles. The number of benzene rings is 1. The van der Waals surface area contributed by atoms with Crippen molar-refractivity contribution in [3.8, 4) is 11.8 Å². The molecule has 72 valence electrons. The summed E-state index contributed by atoms with van der Waals surface area (Å²) in [4.78, 5) is 10.8. The van der Waals surface area contributed by atoms with Gasteiger partial charge in [0, 0.05) is 6.07 Å². The number of hydrogen-bond acceptors (Lipinski definition) is 3. The molecule has 0 radical (unpaired) electrons. The van der Waals surface area contributed by atoms with E-state index in [0.717, 1.165) is 6.07 Å². The smallest absolute Gasteiger partial charge is 0.250 e. The first kappa shape index (κ1) is 9.99. The molecule has 0 saturated heterocycles. The lowest BCUT2D eigenvalue weighted by molar-refractivity contribution is 0.0999. The van der Waals surface area contributed by atoms with Crippen LogP contribution in [0.2, 0.25) is 0 Å². The highest BCUT2D eigenvalue weighted by atomic mass is 19.1. The number of primary amides is 1. The van der Waals surface area contributed by atoms with E-state index in [0.29, 0.717) is 0 Å². The van der Waals surface area contributed by atoms with Crippen molar-refractivity contribution >= 4 is 5.91 Å². The Morgan fingerprint density at radius 2 is 2.29 bits per heavy atom. The van der Waals surface area contributed by atoms with E-state index in [9.17, 15) is 9.18 Å². The molecule has 0 atom stereocenters. The van der Waals surface area contributed by atoms with Crippen LogP contribution >= 0.6 is 0 Å². The van der Waals surface area contributed by atoms with Crippen molar-refractivity contribution in [2.45, 2.75) is 0 Å². The molecular weight excluding hydrogens is 187 g/mol. The summed E-state index contributed by atoms with van der Waals surface area (Å²) in [6.45, 7) is 0. The summed E-state index contributed by atoms with van der Waals surface area (Å²) in [7, 11) is 1.32. The van der Waals surface area contributed by atoms with Crippen LogP contribution in [0.15, 0.2) is 12.1 Å². The fourth-order valence-electron chi connectivity index (χ4n) is 1.01. The monoisotopic (exact) mass is 194 g/mol. The van der Waals surface area contributed by atoms with Gasteiger partial charge in [0.15, 0.2) is 0 Å². The van der Waals surface area contributed by atoms with Gasteiger partial charge >= 0.3 is 0 Å². The van der Waals surface area contributed by atoms with Crippen LogP contribution in [-0.2, 0) is 0 Å². The first-order chi connectivity index (χ1) is 6.60. The van der Waals surface area contributed by atoms with E-state index in [-0.39, 0.29) is 16.9 Å². The number of ether oxygens (including phenoxy) is 1. The van der Waals surface area contributed by atoms with Crippen molar-refractivity contribution in [1.29, 1.82) is 5.26 Å². The number of halogens is 1. The van der Waals surface area contributed by atoms with E-state index in [1.807, 2.05) is 0 Å². The van der Waals surface area contributed by atoms with Gasteiger partial charge in [-0.15, -0.1) is 0 Å². The number of carbonyl (C=O) groups is 1. The zero-order valence-electron chi connectivity index (χ0n) is 7.37. The molecule has 0 aliphatic rings. The van der Waals surface area contributed by atoms with Crippen LogP contribution < -0.4 is 10.5 Å². The summed E-state index contributed by atoms with van der Waals surface area (Å²) in [5.74, 6) is -1.53. The maximum atomic E-state index is 13.1. The fourth-order valence-corrected chi connectivity index (χ4v) is 1.01. The van der Waals surface area contributed by atoms with E-state index in [4.69, 9.17) is 15.7 Å². The first-order valence-electron chi connectivity index (χ1n) is 3.67. The summed E-state index contributed by atoms with van der Waals surface area (Å²) in [5.41, 5.74) is 4.43. The van der Waals surface area contributed by atoms with Crippen LogP contribution in [0.1, 0.15) is 15.9 Å². The largest absolute Gasteiger partial charge is 0.497 e. The second-order valence-corrected chi connectivity index (χ2v) is 2.51. The van der Waals surface area contributed by atoms with Gasteiger partial charge in [-0.3, -0.25) is 4.79 Å².